The Hall–Kier alpha value is -2.41. The Morgan fingerprint density at radius 1 is 1.37 bits per heavy atom. The van der Waals surface area contributed by atoms with Gasteiger partial charge in [-0.2, -0.15) is 0 Å². The second-order valence-corrected chi connectivity index (χ2v) is 3.98. The number of rotatable bonds is 2. The highest BCUT2D eigenvalue weighted by Crippen LogP contribution is 2.19. The predicted molar refractivity (Wildman–Crippen MR) is 64.6 cm³/mol. The third kappa shape index (κ3) is 2.41. The van der Waals surface area contributed by atoms with Crippen molar-refractivity contribution < 1.29 is 14.3 Å². The molecule has 0 saturated carbocycles. The van der Waals surface area contributed by atoms with Gasteiger partial charge in [0.25, 0.3) is 5.56 Å². The molecule has 2 N–H and O–H groups in total. The van der Waals surface area contributed by atoms with Crippen LogP contribution in [0.5, 0.6) is 0 Å². The summed E-state index contributed by atoms with van der Waals surface area (Å²) in [4.78, 5) is 35.6. The number of aromatic nitrogens is 2. The van der Waals surface area contributed by atoms with E-state index in [1.807, 2.05) is 4.98 Å². The first kappa shape index (κ1) is 13.0. The maximum Gasteiger partial charge on any atom is 0.342 e. The van der Waals surface area contributed by atoms with Crippen LogP contribution in [0.1, 0.15) is 10.4 Å². The number of aromatic amines is 1. The summed E-state index contributed by atoms with van der Waals surface area (Å²) in [5, 5.41) is 8.72. The van der Waals surface area contributed by atoms with Crippen molar-refractivity contribution in [2.24, 2.45) is 0 Å². The molecule has 0 fully saturated rings. The molecular weight excluding hydrogens is 279 g/mol. The first-order valence-corrected chi connectivity index (χ1v) is 5.32. The Bertz CT molecular complexity index is 781. The SMILES string of the molecule is O=C(O)c1cn(-c2ccc(F)cc2Cl)c(=O)[nH]c1=O. The van der Waals surface area contributed by atoms with E-state index in [9.17, 15) is 18.8 Å². The number of benzene rings is 1. The Balaban J connectivity index is 2.75. The lowest BCUT2D eigenvalue weighted by Gasteiger charge is -2.07. The zero-order chi connectivity index (χ0) is 14.2. The fraction of sp³-hybridized carbons (Fsp3) is 0. The lowest BCUT2D eigenvalue weighted by molar-refractivity contribution is 0.0694. The molecule has 2 rings (SSSR count). The minimum Gasteiger partial charge on any atom is -0.477 e. The zero-order valence-corrected chi connectivity index (χ0v) is 9.94. The van der Waals surface area contributed by atoms with Gasteiger partial charge in [-0.15, -0.1) is 0 Å². The van der Waals surface area contributed by atoms with Crippen molar-refractivity contribution in [2.75, 3.05) is 0 Å². The molecule has 0 aliphatic carbocycles. The third-order valence-corrected chi connectivity index (χ3v) is 2.64. The van der Waals surface area contributed by atoms with E-state index < -0.39 is 28.6 Å². The molecule has 1 aromatic carbocycles. The molecule has 98 valence electrons. The monoisotopic (exact) mass is 284 g/mol. The van der Waals surface area contributed by atoms with Crippen molar-refractivity contribution in [1.82, 2.24) is 9.55 Å². The van der Waals surface area contributed by atoms with Crippen molar-refractivity contribution in [1.29, 1.82) is 0 Å². The topological polar surface area (TPSA) is 92.2 Å². The summed E-state index contributed by atoms with van der Waals surface area (Å²) >= 11 is 5.77. The van der Waals surface area contributed by atoms with Crippen LogP contribution >= 0.6 is 11.6 Å². The summed E-state index contributed by atoms with van der Waals surface area (Å²) in [6.45, 7) is 0. The van der Waals surface area contributed by atoms with Gasteiger partial charge in [-0.25, -0.2) is 14.0 Å². The van der Waals surface area contributed by atoms with Gasteiger partial charge in [0.15, 0.2) is 0 Å². The first-order valence-electron chi connectivity index (χ1n) is 4.95. The maximum absolute atomic E-state index is 12.9. The quantitative estimate of drug-likeness (QED) is 0.861. The van der Waals surface area contributed by atoms with Crippen LogP contribution in [0.4, 0.5) is 4.39 Å². The van der Waals surface area contributed by atoms with E-state index in [1.165, 1.54) is 6.07 Å². The highest BCUT2D eigenvalue weighted by atomic mass is 35.5. The molecular formula is C11H6ClFN2O4. The van der Waals surface area contributed by atoms with Gasteiger partial charge in [0.2, 0.25) is 0 Å². The molecule has 8 heteroatoms. The molecule has 1 aromatic heterocycles. The molecule has 0 unspecified atom stereocenters. The number of hydrogen-bond donors (Lipinski definition) is 2. The number of H-pyrrole nitrogens is 1. The molecule has 0 spiro atoms. The fourth-order valence-electron chi connectivity index (χ4n) is 1.48. The number of halogens is 2. The van der Waals surface area contributed by atoms with Crippen molar-refractivity contribution in [2.45, 2.75) is 0 Å². The molecule has 0 aliphatic rings. The third-order valence-electron chi connectivity index (χ3n) is 2.34. The molecule has 0 saturated heterocycles. The minimum absolute atomic E-state index is 0.0619. The van der Waals surface area contributed by atoms with E-state index in [1.54, 1.807) is 0 Å². The Labute approximate surface area is 109 Å². The number of aromatic carboxylic acids is 1. The Morgan fingerprint density at radius 3 is 2.63 bits per heavy atom. The normalized spacial score (nSPS) is 10.4. The molecule has 0 aliphatic heterocycles. The molecule has 19 heavy (non-hydrogen) atoms. The van der Waals surface area contributed by atoms with Crippen molar-refractivity contribution >= 4 is 17.6 Å². The van der Waals surface area contributed by atoms with E-state index in [2.05, 4.69) is 0 Å². The van der Waals surface area contributed by atoms with E-state index in [-0.39, 0.29) is 10.7 Å². The van der Waals surface area contributed by atoms with Crippen LogP contribution in [0.25, 0.3) is 5.69 Å². The number of carboxylic acids is 1. The summed E-state index contributed by atoms with van der Waals surface area (Å²) in [5.41, 5.74) is -2.46. The smallest absolute Gasteiger partial charge is 0.342 e. The molecule has 2 aromatic rings. The first-order chi connectivity index (χ1) is 8.90. The van der Waals surface area contributed by atoms with Crippen molar-refractivity contribution in [3.05, 3.63) is 61.6 Å². The van der Waals surface area contributed by atoms with E-state index in [0.717, 1.165) is 22.9 Å². The van der Waals surface area contributed by atoms with Crippen LogP contribution in [-0.2, 0) is 0 Å². The standard InChI is InChI=1S/C11H6ClFN2O4/c12-7-3-5(13)1-2-8(7)15-4-6(10(17)18)9(16)14-11(15)19/h1-4H,(H,17,18)(H,14,16,19). The van der Waals surface area contributed by atoms with Gasteiger partial charge in [0.05, 0.1) is 10.7 Å². The number of nitrogens with one attached hydrogen (secondary N) is 1. The van der Waals surface area contributed by atoms with Crippen LogP contribution in [0, 0.1) is 5.82 Å². The van der Waals surface area contributed by atoms with Crippen LogP contribution in [0.2, 0.25) is 5.02 Å². The summed E-state index contributed by atoms with van der Waals surface area (Å²) < 4.78 is 13.7. The molecule has 0 radical (unpaired) electrons. The van der Waals surface area contributed by atoms with Gasteiger partial charge in [0, 0.05) is 6.20 Å². The second kappa shape index (κ2) is 4.69. The summed E-state index contributed by atoms with van der Waals surface area (Å²) in [6, 6.07) is 3.22. The second-order valence-electron chi connectivity index (χ2n) is 3.57. The molecule has 1 heterocycles. The highest BCUT2D eigenvalue weighted by molar-refractivity contribution is 6.32. The van der Waals surface area contributed by atoms with Crippen molar-refractivity contribution in [3.63, 3.8) is 0 Å². The van der Waals surface area contributed by atoms with E-state index >= 15 is 0 Å². The number of hydrogen-bond acceptors (Lipinski definition) is 3. The lowest BCUT2D eigenvalue weighted by Crippen LogP contribution is -2.32. The molecule has 0 bridgehead atoms. The Kier molecular flexibility index (Phi) is 3.22. The van der Waals surface area contributed by atoms with Gasteiger partial charge >= 0.3 is 11.7 Å². The van der Waals surface area contributed by atoms with Crippen LogP contribution in [-0.4, -0.2) is 20.6 Å². The van der Waals surface area contributed by atoms with Crippen molar-refractivity contribution in [3.8, 4) is 5.69 Å². The molecule has 6 nitrogen and oxygen atoms in total. The van der Waals surface area contributed by atoms with Crippen LogP contribution < -0.4 is 11.2 Å². The van der Waals surface area contributed by atoms with Gasteiger partial charge in [-0.1, -0.05) is 11.6 Å². The van der Waals surface area contributed by atoms with Crippen LogP contribution in [0.15, 0.2) is 34.0 Å². The zero-order valence-electron chi connectivity index (χ0n) is 9.18. The number of carboxylic acid groups (broad SMARTS) is 1. The molecule has 0 atom stereocenters. The van der Waals surface area contributed by atoms with E-state index in [4.69, 9.17) is 16.7 Å². The van der Waals surface area contributed by atoms with Gasteiger partial charge in [-0.05, 0) is 18.2 Å². The number of carbonyl (C=O) groups is 1. The average molecular weight is 285 g/mol. The van der Waals surface area contributed by atoms with Gasteiger partial charge in [-0.3, -0.25) is 14.3 Å². The highest BCUT2D eigenvalue weighted by Gasteiger charge is 2.14. The average Bonchev–Trinajstić information content (AvgIpc) is 2.30. The lowest BCUT2D eigenvalue weighted by atomic mass is 10.3. The predicted octanol–water partition coefficient (Wildman–Crippen LogP) is 1.02. The minimum atomic E-state index is -1.49. The maximum atomic E-state index is 12.9. The Morgan fingerprint density at radius 2 is 2.05 bits per heavy atom. The molecule has 0 amide bonds. The summed E-state index contributed by atoms with van der Waals surface area (Å²) in [5.74, 6) is -2.10. The van der Waals surface area contributed by atoms with Gasteiger partial charge in [0.1, 0.15) is 11.4 Å². The van der Waals surface area contributed by atoms with Gasteiger partial charge < -0.3 is 5.11 Å². The largest absolute Gasteiger partial charge is 0.477 e. The summed E-state index contributed by atoms with van der Waals surface area (Å²) in [7, 11) is 0. The fourth-order valence-corrected chi connectivity index (χ4v) is 1.74. The van der Waals surface area contributed by atoms with E-state index in [0.29, 0.717) is 0 Å². The summed E-state index contributed by atoms with van der Waals surface area (Å²) in [6.07, 6.45) is 0.836. The van der Waals surface area contributed by atoms with Crippen LogP contribution in [0.3, 0.4) is 0 Å². The number of nitrogens with zero attached hydrogens (tertiary/aromatic N) is 1.